The first-order valence-corrected chi connectivity index (χ1v) is 10.5. The molecule has 0 aliphatic carbocycles. The third-order valence-corrected chi connectivity index (χ3v) is 5.53. The van der Waals surface area contributed by atoms with E-state index in [4.69, 9.17) is 5.11 Å². The number of aromatic carboxylic acids is 2. The smallest absolute Gasteiger partial charge is 0.336 e. The second-order valence-corrected chi connectivity index (χ2v) is 8.23. The number of amides is 2. The van der Waals surface area contributed by atoms with Crippen LogP contribution >= 0.6 is 11.8 Å². The molecule has 0 aliphatic rings. The van der Waals surface area contributed by atoms with Gasteiger partial charge in [0.05, 0.1) is 21.9 Å². The highest BCUT2D eigenvalue weighted by atomic mass is 32.2. The minimum absolute atomic E-state index is 0.173. The number of thioether (sulfide) groups is 1. The van der Waals surface area contributed by atoms with Gasteiger partial charge in [0, 0.05) is 16.8 Å². The SMILES string of the molecule is CC(Sc1cccc(NC(=O)c2ccc(C(=O)O)cc2C(=O)O)c1)C(=O)Nc1ccccn1. The van der Waals surface area contributed by atoms with Crippen molar-refractivity contribution in [1.82, 2.24) is 4.98 Å². The quantitative estimate of drug-likeness (QED) is 0.367. The molecule has 1 heterocycles. The summed E-state index contributed by atoms with van der Waals surface area (Å²) in [5.74, 6) is -3.21. The Balaban J connectivity index is 1.71. The summed E-state index contributed by atoms with van der Waals surface area (Å²) in [6.45, 7) is 1.73. The second-order valence-electron chi connectivity index (χ2n) is 6.82. The molecule has 1 unspecified atom stereocenters. The molecule has 0 fully saturated rings. The maximum atomic E-state index is 12.7. The number of pyridine rings is 1. The fraction of sp³-hybridized carbons (Fsp3) is 0.0870. The van der Waals surface area contributed by atoms with E-state index in [-0.39, 0.29) is 17.0 Å². The van der Waals surface area contributed by atoms with Crippen LogP contribution < -0.4 is 10.6 Å². The fourth-order valence-electron chi connectivity index (χ4n) is 2.82. The largest absolute Gasteiger partial charge is 0.478 e. The van der Waals surface area contributed by atoms with Gasteiger partial charge in [-0.25, -0.2) is 14.6 Å². The monoisotopic (exact) mass is 465 g/mol. The summed E-state index contributed by atoms with van der Waals surface area (Å²) in [6, 6.07) is 15.2. The summed E-state index contributed by atoms with van der Waals surface area (Å²) < 4.78 is 0. The zero-order valence-electron chi connectivity index (χ0n) is 17.3. The van der Waals surface area contributed by atoms with Crippen LogP contribution in [0.1, 0.15) is 38.0 Å². The summed E-state index contributed by atoms with van der Waals surface area (Å²) in [5.41, 5.74) is -0.437. The van der Waals surface area contributed by atoms with E-state index in [1.54, 1.807) is 55.6 Å². The number of benzene rings is 2. The maximum Gasteiger partial charge on any atom is 0.336 e. The molecular weight excluding hydrogens is 446 g/mol. The first kappa shape index (κ1) is 23.5. The van der Waals surface area contributed by atoms with Crippen LogP contribution in [0.15, 0.2) is 71.8 Å². The van der Waals surface area contributed by atoms with Crippen molar-refractivity contribution in [2.45, 2.75) is 17.1 Å². The van der Waals surface area contributed by atoms with Gasteiger partial charge in [0.25, 0.3) is 5.91 Å². The van der Waals surface area contributed by atoms with Crippen molar-refractivity contribution >= 4 is 47.0 Å². The molecule has 168 valence electrons. The van der Waals surface area contributed by atoms with Crippen molar-refractivity contribution in [1.29, 1.82) is 0 Å². The van der Waals surface area contributed by atoms with E-state index in [0.29, 0.717) is 16.4 Å². The number of carboxylic acids is 2. The number of aromatic nitrogens is 1. The number of hydrogen-bond acceptors (Lipinski definition) is 6. The standard InChI is InChI=1S/C23H19N3O6S/c1-13(20(27)26-19-7-2-3-10-24-19)33-16-6-4-5-15(12-16)25-21(28)17-9-8-14(22(29)30)11-18(17)23(31)32/h2-13H,1H3,(H,25,28)(H,29,30)(H,31,32)(H,24,26,27). The summed E-state index contributed by atoms with van der Waals surface area (Å²) in [6.07, 6.45) is 1.57. The van der Waals surface area contributed by atoms with Gasteiger partial charge in [-0.3, -0.25) is 9.59 Å². The zero-order chi connectivity index (χ0) is 24.0. The molecule has 4 N–H and O–H groups in total. The van der Waals surface area contributed by atoms with Crippen LogP contribution in [0.25, 0.3) is 0 Å². The van der Waals surface area contributed by atoms with E-state index >= 15 is 0 Å². The molecule has 2 aromatic carbocycles. The Morgan fingerprint density at radius 2 is 1.67 bits per heavy atom. The lowest BCUT2D eigenvalue weighted by Crippen LogP contribution is -2.22. The Bertz CT molecular complexity index is 1220. The normalized spacial score (nSPS) is 11.3. The average molecular weight is 465 g/mol. The molecule has 3 aromatic rings. The van der Waals surface area contributed by atoms with Crippen molar-refractivity contribution in [3.05, 3.63) is 83.6 Å². The Labute approximate surface area is 192 Å². The van der Waals surface area contributed by atoms with Crippen LogP contribution in [-0.2, 0) is 4.79 Å². The van der Waals surface area contributed by atoms with E-state index in [1.807, 2.05) is 0 Å². The van der Waals surface area contributed by atoms with Crippen LogP contribution in [0.2, 0.25) is 0 Å². The molecule has 0 radical (unpaired) electrons. The van der Waals surface area contributed by atoms with Crippen molar-refractivity contribution in [2.75, 3.05) is 10.6 Å². The number of rotatable bonds is 8. The Hall–Kier alpha value is -4.18. The molecule has 33 heavy (non-hydrogen) atoms. The van der Waals surface area contributed by atoms with Crippen molar-refractivity contribution < 1.29 is 29.4 Å². The van der Waals surface area contributed by atoms with Gasteiger partial charge in [-0.15, -0.1) is 11.8 Å². The predicted molar refractivity (Wildman–Crippen MR) is 123 cm³/mol. The number of carboxylic acid groups (broad SMARTS) is 2. The molecule has 2 amide bonds. The fourth-order valence-corrected chi connectivity index (χ4v) is 3.75. The third-order valence-electron chi connectivity index (χ3n) is 4.43. The maximum absolute atomic E-state index is 12.7. The number of hydrogen-bond donors (Lipinski definition) is 4. The van der Waals surface area contributed by atoms with Gasteiger partial charge >= 0.3 is 11.9 Å². The molecule has 1 aromatic heterocycles. The first-order chi connectivity index (χ1) is 15.7. The number of anilines is 2. The number of nitrogens with zero attached hydrogens (tertiary/aromatic N) is 1. The average Bonchev–Trinajstić information content (AvgIpc) is 2.79. The summed E-state index contributed by atoms with van der Waals surface area (Å²) in [4.78, 5) is 52.4. The Kier molecular flexibility index (Phi) is 7.42. The molecule has 0 bridgehead atoms. The number of carbonyl (C=O) groups excluding carboxylic acids is 2. The minimum Gasteiger partial charge on any atom is -0.478 e. The molecular formula is C23H19N3O6S. The van der Waals surface area contributed by atoms with Crippen molar-refractivity contribution in [3.63, 3.8) is 0 Å². The molecule has 0 spiro atoms. The van der Waals surface area contributed by atoms with Gasteiger partial charge in [0.15, 0.2) is 0 Å². The highest BCUT2D eigenvalue weighted by molar-refractivity contribution is 8.00. The van der Waals surface area contributed by atoms with Crippen LogP contribution in [0.4, 0.5) is 11.5 Å². The van der Waals surface area contributed by atoms with E-state index in [0.717, 1.165) is 18.2 Å². The van der Waals surface area contributed by atoms with Gasteiger partial charge in [-0.2, -0.15) is 0 Å². The molecule has 3 rings (SSSR count). The molecule has 0 aliphatic heterocycles. The van der Waals surface area contributed by atoms with Crippen LogP contribution in [0.5, 0.6) is 0 Å². The van der Waals surface area contributed by atoms with Crippen LogP contribution in [0.3, 0.4) is 0 Å². The lowest BCUT2D eigenvalue weighted by molar-refractivity contribution is -0.115. The van der Waals surface area contributed by atoms with Crippen molar-refractivity contribution in [3.8, 4) is 0 Å². The zero-order valence-corrected chi connectivity index (χ0v) is 18.1. The van der Waals surface area contributed by atoms with Gasteiger partial charge in [-0.05, 0) is 55.5 Å². The molecule has 0 saturated carbocycles. The third kappa shape index (κ3) is 6.17. The van der Waals surface area contributed by atoms with E-state index in [1.165, 1.54) is 11.8 Å². The lowest BCUT2D eigenvalue weighted by atomic mass is 10.0. The predicted octanol–water partition coefficient (Wildman–Crippen LogP) is 3.85. The minimum atomic E-state index is -1.42. The summed E-state index contributed by atoms with van der Waals surface area (Å²) in [5, 5.41) is 23.3. The van der Waals surface area contributed by atoms with Crippen LogP contribution in [0, 0.1) is 0 Å². The summed E-state index contributed by atoms with van der Waals surface area (Å²) >= 11 is 1.27. The van der Waals surface area contributed by atoms with Crippen LogP contribution in [-0.4, -0.2) is 44.2 Å². The number of carbonyl (C=O) groups is 4. The molecule has 1 atom stereocenters. The second kappa shape index (κ2) is 10.4. The van der Waals surface area contributed by atoms with Gasteiger partial charge in [0.1, 0.15) is 5.82 Å². The van der Waals surface area contributed by atoms with E-state index < -0.39 is 28.7 Å². The Morgan fingerprint density at radius 1 is 0.879 bits per heavy atom. The van der Waals surface area contributed by atoms with E-state index in [9.17, 15) is 24.3 Å². The summed E-state index contributed by atoms with van der Waals surface area (Å²) in [7, 11) is 0. The van der Waals surface area contributed by atoms with Gasteiger partial charge < -0.3 is 20.8 Å². The van der Waals surface area contributed by atoms with Gasteiger partial charge in [-0.1, -0.05) is 12.1 Å². The molecule has 10 heteroatoms. The highest BCUT2D eigenvalue weighted by Crippen LogP contribution is 2.27. The van der Waals surface area contributed by atoms with Gasteiger partial charge in [0.2, 0.25) is 5.91 Å². The topological polar surface area (TPSA) is 146 Å². The van der Waals surface area contributed by atoms with Crippen molar-refractivity contribution in [2.24, 2.45) is 0 Å². The molecule has 0 saturated heterocycles. The van der Waals surface area contributed by atoms with E-state index in [2.05, 4.69) is 15.6 Å². The highest BCUT2D eigenvalue weighted by Gasteiger charge is 2.20. The molecule has 9 nitrogen and oxygen atoms in total. The Morgan fingerprint density at radius 3 is 2.33 bits per heavy atom. The first-order valence-electron chi connectivity index (χ1n) is 9.65. The lowest BCUT2D eigenvalue weighted by Gasteiger charge is -2.13. The number of nitrogens with one attached hydrogen (secondary N) is 2.